The van der Waals surface area contributed by atoms with E-state index >= 15 is 0 Å². The van der Waals surface area contributed by atoms with E-state index in [1.807, 2.05) is 25.1 Å². The normalized spacial score (nSPS) is 15.1. The van der Waals surface area contributed by atoms with Gasteiger partial charge in [0, 0.05) is 19.6 Å². The number of carbonyl (C=O) groups excluding carboxylic acids is 1. The minimum absolute atomic E-state index is 0.0607. The molecule has 0 bridgehead atoms. The molecule has 0 spiro atoms. The van der Waals surface area contributed by atoms with Gasteiger partial charge in [-0.15, -0.1) is 0 Å². The first kappa shape index (κ1) is 16.0. The summed E-state index contributed by atoms with van der Waals surface area (Å²) < 4.78 is 24.6. The van der Waals surface area contributed by atoms with Crippen molar-refractivity contribution in [3.05, 3.63) is 35.4 Å². The van der Waals surface area contributed by atoms with Crippen LogP contribution < -0.4 is 0 Å². The summed E-state index contributed by atoms with van der Waals surface area (Å²) >= 11 is 0. The largest absolute Gasteiger partial charge is 0.337 e. The van der Waals surface area contributed by atoms with Crippen molar-refractivity contribution in [1.82, 2.24) is 9.21 Å². The number of fused-ring (bicyclic) bond motifs is 1. The quantitative estimate of drug-likeness (QED) is 0.822. The summed E-state index contributed by atoms with van der Waals surface area (Å²) in [5, 5.41) is 0. The highest BCUT2D eigenvalue weighted by Gasteiger charge is 2.25. The fraction of sp³-hybridized carbons (Fsp3) is 0.533. The van der Waals surface area contributed by atoms with Crippen molar-refractivity contribution in [2.45, 2.75) is 26.3 Å². The second-order valence-electron chi connectivity index (χ2n) is 5.43. The van der Waals surface area contributed by atoms with Gasteiger partial charge in [-0.3, -0.25) is 4.79 Å². The summed E-state index contributed by atoms with van der Waals surface area (Å²) in [6.45, 7) is 3.45. The predicted molar refractivity (Wildman–Crippen MR) is 82.3 cm³/mol. The van der Waals surface area contributed by atoms with Crippen molar-refractivity contribution < 1.29 is 13.2 Å². The molecule has 2 rings (SSSR count). The van der Waals surface area contributed by atoms with Crippen LogP contribution in [0, 0.1) is 0 Å². The van der Waals surface area contributed by atoms with E-state index < -0.39 is 10.0 Å². The Morgan fingerprint density at radius 2 is 1.95 bits per heavy atom. The zero-order valence-corrected chi connectivity index (χ0v) is 13.4. The van der Waals surface area contributed by atoms with Crippen LogP contribution in [-0.4, -0.2) is 49.4 Å². The van der Waals surface area contributed by atoms with Crippen LogP contribution in [0.15, 0.2) is 24.3 Å². The molecule has 1 aromatic carbocycles. The molecule has 1 aromatic rings. The molecule has 0 unspecified atom stereocenters. The number of nitrogens with zero attached hydrogens (tertiary/aromatic N) is 2. The van der Waals surface area contributed by atoms with E-state index in [1.165, 1.54) is 9.87 Å². The van der Waals surface area contributed by atoms with Crippen LogP contribution in [0.4, 0.5) is 0 Å². The van der Waals surface area contributed by atoms with E-state index in [-0.39, 0.29) is 12.5 Å². The number of hydrogen-bond donors (Lipinski definition) is 0. The lowest BCUT2D eigenvalue weighted by Crippen LogP contribution is -2.44. The number of hydrogen-bond acceptors (Lipinski definition) is 3. The second kappa shape index (κ2) is 6.58. The molecule has 1 aliphatic heterocycles. The van der Waals surface area contributed by atoms with E-state index in [0.717, 1.165) is 18.2 Å². The molecule has 0 saturated carbocycles. The predicted octanol–water partition coefficient (Wildman–Crippen LogP) is 1.24. The molecule has 21 heavy (non-hydrogen) atoms. The van der Waals surface area contributed by atoms with Crippen molar-refractivity contribution in [2.24, 2.45) is 0 Å². The fourth-order valence-electron chi connectivity index (χ4n) is 2.57. The average molecular weight is 310 g/mol. The third kappa shape index (κ3) is 4.04. The van der Waals surface area contributed by atoms with Crippen molar-refractivity contribution >= 4 is 15.9 Å². The SMILES string of the molecule is CCCN(CC(=O)N1CCc2ccccc2C1)S(C)(=O)=O. The van der Waals surface area contributed by atoms with Crippen molar-refractivity contribution in [2.75, 3.05) is 25.9 Å². The molecule has 0 aliphatic carbocycles. The van der Waals surface area contributed by atoms with Gasteiger partial charge >= 0.3 is 0 Å². The Labute approximate surface area is 126 Å². The summed E-state index contributed by atoms with van der Waals surface area (Å²) in [4.78, 5) is 14.1. The molecule has 0 aromatic heterocycles. The molecular weight excluding hydrogens is 288 g/mol. The van der Waals surface area contributed by atoms with Gasteiger partial charge < -0.3 is 4.90 Å². The van der Waals surface area contributed by atoms with Crippen molar-refractivity contribution in [3.8, 4) is 0 Å². The summed E-state index contributed by atoms with van der Waals surface area (Å²) in [5.41, 5.74) is 2.42. The lowest BCUT2D eigenvalue weighted by atomic mass is 10.00. The van der Waals surface area contributed by atoms with Gasteiger partial charge in [-0.25, -0.2) is 8.42 Å². The van der Waals surface area contributed by atoms with Gasteiger partial charge in [-0.05, 0) is 24.0 Å². The standard InChI is InChI=1S/C15H22N2O3S/c1-3-9-17(21(2,19)20)12-15(18)16-10-8-13-6-4-5-7-14(13)11-16/h4-7H,3,8-12H2,1-2H3. The molecule has 5 nitrogen and oxygen atoms in total. The highest BCUT2D eigenvalue weighted by molar-refractivity contribution is 7.88. The molecule has 6 heteroatoms. The Hall–Kier alpha value is -1.40. The van der Waals surface area contributed by atoms with Crippen LogP contribution in [0.1, 0.15) is 24.5 Å². The summed E-state index contributed by atoms with van der Waals surface area (Å²) in [7, 11) is -3.34. The molecular formula is C15H22N2O3S. The summed E-state index contributed by atoms with van der Waals surface area (Å²) in [5.74, 6) is -0.122. The van der Waals surface area contributed by atoms with Gasteiger partial charge in [0.25, 0.3) is 0 Å². The maximum atomic E-state index is 12.4. The first-order valence-electron chi connectivity index (χ1n) is 7.21. The average Bonchev–Trinajstić information content (AvgIpc) is 2.45. The van der Waals surface area contributed by atoms with Crippen molar-refractivity contribution in [3.63, 3.8) is 0 Å². The van der Waals surface area contributed by atoms with Gasteiger partial charge in [0.2, 0.25) is 15.9 Å². The smallest absolute Gasteiger partial charge is 0.238 e. The monoisotopic (exact) mass is 310 g/mol. The number of rotatable bonds is 5. The first-order valence-corrected chi connectivity index (χ1v) is 9.06. The topological polar surface area (TPSA) is 57.7 Å². The molecule has 1 aliphatic rings. The number of carbonyl (C=O) groups is 1. The maximum absolute atomic E-state index is 12.4. The summed E-state index contributed by atoms with van der Waals surface area (Å²) in [6.07, 6.45) is 2.68. The van der Waals surface area contributed by atoms with Crippen molar-refractivity contribution in [1.29, 1.82) is 0 Å². The van der Waals surface area contributed by atoms with E-state index in [9.17, 15) is 13.2 Å². The molecule has 0 radical (unpaired) electrons. The van der Waals surface area contributed by atoms with E-state index in [2.05, 4.69) is 6.07 Å². The number of benzene rings is 1. The Bertz CT molecular complexity index is 613. The third-order valence-electron chi connectivity index (χ3n) is 3.74. The van der Waals surface area contributed by atoms with Crippen LogP contribution >= 0.6 is 0 Å². The zero-order valence-electron chi connectivity index (χ0n) is 12.6. The Balaban J connectivity index is 2.04. The molecule has 0 fully saturated rings. The lowest BCUT2D eigenvalue weighted by Gasteiger charge is -2.30. The lowest BCUT2D eigenvalue weighted by molar-refractivity contribution is -0.132. The highest BCUT2D eigenvalue weighted by Crippen LogP contribution is 2.18. The molecule has 116 valence electrons. The van der Waals surface area contributed by atoms with Crippen LogP contribution in [0.2, 0.25) is 0 Å². The van der Waals surface area contributed by atoms with E-state index in [0.29, 0.717) is 26.1 Å². The van der Waals surface area contributed by atoms with Gasteiger partial charge in [-0.2, -0.15) is 4.31 Å². The third-order valence-corrected chi connectivity index (χ3v) is 4.99. The molecule has 1 heterocycles. The van der Waals surface area contributed by atoms with Gasteiger partial charge in [0.15, 0.2) is 0 Å². The van der Waals surface area contributed by atoms with E-state index in [1.54, 1.807) is 4.90 Å². The Morgan fingerprint density at radius 1 is 1.29 bits per heavy atom. The molecule has 1 amide bonds. The number of amides is 1. The highest BCUT2D eigenvalue weighted by atomic mass is 32.2. The van der Waals surface area contributed by atoms with Crippen LogP contribution in [-0.2, 0) is 27.8 Å². The minimum atomic E-state index is -3.34. The second-order valence-corrected chi connectivity index (χ2v) is 7.41. The van der Waals surface area contributed by atoms with Gasteiger partial charge in [0.1, 0.15) is 0 Å². The minimum Gasteiger partial charge on any atom is -0.337 e. The van der Waals surface area contributed by atoms with Crippen LogP contribution in [0.3, 0.4) is 0 Å². The molecule has 0 atom stereocenters. The Kier molecular flexibility index (Phi) is 5.00. The van der Waals surface area contributed by atoms with E-state index in [4.69, 9.17) is 0 Å². The van der Waals surface area contributed by atoms with Crippen LogP contribution in [0.25, 0.3) is 0 Å². The van der Waals surface area contributed by atoms with Gasteiger partial charge in [0.05, 0.1) is 12.8 Å². The zero-order chi connectivity index (χ0) is 15.5. The first-order chi connectivity index (χ1) is 9.91. The fourth-order valence-corrected chi connectivity index (χ4v) is 3.43. The summed E-state index contributed by atoms with van der Waals surface area (Å²) in [6, 6.07) is 8.07. The van der Waals surface area contributed by atoms with Crippen LogP contribution in [0.5, 0.6) is 0 Å². The van der Waals surface area contributed by atoms with Gasteiger partial charge in [-0.1, -0.05) is 31.2 Å². The Morgan fingerprint density at radius 3 is 2.57 bits per heavy atom. The maximum Gasteiger partial charge on any atom is 0.238 e. The molecule has 0 N–H and O–H groups in total. The number of sulfonamides is 1. The molecule has 0 saturated heterocycles.